The number of carbonyl (C=O) groups is 2. The molecule has 0 saturated carbocycles. The van der Waals surface area contributed by atoms with Gasteiger partial charge in [0.15, 0.2) is 6.10 Å². The Morgan fingerprint density at radius 1 is 1.15 bits per heavy atom. The van der Waals surface area contributed by atoms with Crippen LogP contribution < -0.4 is 0 Å². The van der Waals surface area contributed by atoms with Gasteiger partial charge >= 0.3 is 5.97 Å². The summed E-state index contributed by atoms with van der Waals surface area (Å²) in [7, 11) is 1.34. The van der Waals surface area contributed by atoms with Gasteiger partial charge in [-0.2, -0.15) is 0 Å². The second-order valence-corrected chi connectivity index (χ2v) is 8.20. The molecular weight excluding hydrogens is 342 g/mol. The maximum absolute atomic E-state index is 13.2. The van der Waals surface area contributed by atoms with Crippen molar-refractivity contribution in [1.29, 1.82) is 0 Å². The van der Waals surface area contributed by atoms with Crippen LogP contribution in [-0.4, -0.2) is 41.1 Å². The third-order valence-electron chi connectivity index (χ3n) is 5.73. The van der Waals surface area contributed by atoms with Crippen molar-refractivity contribution >= 4 is 22.6 Å². The standard InChI is InChI=1S/C22H27NO4/c1-21(2,3)22(20(26)27-4)12-7-13-23(22)19(25)18(24)17-11-10-15-8-5-6-9-16(15)14-17/h5-6,8-11,14,18,24H,7,12-13H2,1-4H3/t18?,22-/m0/s1. The molecule has 1 aliphatic rings. The van der Waals surface area contributed by atoms with Crippen molar-refractivity contribution in [1.82, 2.24) is 4.90 Å². The molecule has 1 amide bonds. The first-order valence-electron chi connectivity index (χ1n) is 9.29. The van der Waals surface area contributed by atoms with Crippen LogP contribution in [0.1, 0.15) is 45.3 Å². The van der Waals surface area contributed by atoms with E-state index in [9.17, 15) is 14.7 Å². The van der Waals surface area contributed by atoms with Crippen LogP contribution in [0.15, 0.2) is 42.5 Å². The molecule has 2 atom stereocenters. The normalized spacial score (nSPS) is 21.3. The van der Waals surface area contributed by atoms with Crippen molar-refractivity contribution in [2.45, 2.75) is 45.3 Å². The molecule has 1 fully saturated rings. The van der Waals surface area contributed by atoms with Gasteiger partial charge in [-0.15, -0.1) is 0 Å². The van der Waals surface area contributed by atoms with Gasteiger partial charge in [0.1, 0.15) is 5.54 Å². The van der Waals surface area contributed by atoms with Gasteiger partial charge in [-0.05, 0) is 40.7 Å². The highest BCUT2D eigenvalue weighted by Gasteiger charge is 2.58. The molecule has 3 rings (SSSR count). The first-order chi connectivity index (χ1) is 12.7. The SMILES string of the molecule is COC(=O)[C@]1(C(C)(C)C)CCCN1C(=O)C(O)c1ccc2ccccc2c1. The van der Waals surface area contributed by atoms with E-state index in [-0.39, 0.29) is 0 Å². The van der Waals surface area contributed by atoms with Gasteiger partial charge < -0.3 is 14.7 Å². The summed E-state index contributed by atoms with van der Waals surface area (Å²) in [5.74, 6) is -0.880. The number of carbonyl (C=O) groups excluding carboxylic acids is 2. The fourth-order valence-electron chi connectivity index (χ4n) is 4.25. The highest BCUT2D eigenvalue weighted by molar-refractivity contribution is 5.92. The van der Waals surface area contributed by atoms with Crippen molar-refractivity contribution in [3.8, 4) is 0 Å². The number of aliphatic hydroxyl groups excluding tert-OH is 1. The van der Waals surface area contributed by atoms with Crippen LogP contribution in [0.2, 0.25) is 0 Å². The second kappa shape index (κ2) is 6.97. The Balaban J connectivity index is 1.98. The van der Waals surface area contributed by atoms with E-state index >= 15 is 0 Å². The summed E-state index contributed by atoms with van der Waals surface area (Å²) in [6.45, 7) is 6.21. The lowest BCUT2D eigenvalue weighted by molar-refractivity contribution is -0.170. The minimum absolute atomic E-state index is 0.424. The summed E-state index contributed by atoms with van der Waals surface area (Å²) in [6, 6.07) is 13.3. The first kappa shape index (κ1) is 19.4. The number of likely N-dealkylation sites (tertiary alicyclic amines) is 1. The molecule has 2 aromatic carbocycles. The van der Waals surface area contributed by atoms with Crippen LogP contribution in [-0.2, 0) is 14.3 Å². The Morgan fingerprint density at radius 2 is 1.81 bits per heavy atom. The van der Waals surface area contributed by atoms with Crippen LogP contribution in [0.4, 0.5) is 0 Å². The smallest absolute Gasteiger partial charge is 0.332 e. The van der Waals surface area contributed by atoms with Gasteiger partial charge in [-0.1, -0.05) is 57.2 Å². The Hall–Kier alpha value is -2.40. The minimum Gasteiger partial charge on any atom is -0.467 e. The fourth-order valence-corrected chi connectivity index (χ4v) is 4.25. The summed E-state index contributed by atoms with van der Waals surface area (Å²) in [6.07, 6.45) is -0.0962. The van der Waals surface area contributed by atoms with Gasteiger partial charge in [0.25, 0.3) is 5.91 Å². The average Bonchev–Trinajstić information content (AvgIpc) is 3.12. The third kappa shape index (κ3) is 3.10. The average molecular weight is 369 g/mol. The highest BCUT2D eigenvalue weighted by Crippen LogP contribution is 2.45. The van der Waals surface area contributed by atoms with Crippen molar-refractivity contribution < 1.29 is 19.4 Å². The van der Waals surface area contributed by atoms with E-state index in [0.717, 1.165) is 10.8 Å². The van der Waals surface area contributed by atoms with Crippen LogP contribution in [0, 0.1) is 5.41 Å². The topological polar surface area (TPSA) is 66.8 Å². The monoisotopic (exact) mass is 369 g/mol. The third-order valence-corrected chi connectivity index (χ3v) is 5.73. The van der Waals surface area contributed by atoms with Gasteiger partial charge in [0.2, 0.25) is 0 Å². The molecule has 0 aromatic heterocycles. The molecular formula is C22H27NO4. The summed E-state index contributed by atoms with van der Waals surface area (Å²) < 4.78 is 5.07. The number of hydrogen-bond donors (Lipinski definition) is 1. The Labute approximate surface area is 159 Å². The number of aliphatic hydroxyl groups is 1. The molecule has 27 heavy (non-hydrogen) atoms. The van der Waals surface area contributed by atoms with Gasteiger partial charge in [-0.25, -0.2) is 4.79 Å². The summed E-state index contributed by atoms with van der Waals surface area (Å²) in [5, 5.41) is 12.8. The number of nitrogens with zero attached hydrogens (tertiary/aromatic N) is 1. The summed E-state index contributed by atoms with van der Waals surface area (Å²) in [4.78, 5) is 27.5. The van der Waals surface area contributed by atoms with Gasteiger partial charge in [0.05, 0.1) is 7.11 Å². The van der Waals surface area contributed by atoms with E-state index in [0.29, 0.717) is 24.9 Å². The molecule has 0 bridgehead atoms. The van der Waals surface area contributed by atoms with Crippen LogP contribution in [0.25, 0.3) is 10.8 Å². The lowest BCUT2D eigenvalue weighted by atomic mass is 9.71. The summed E-state index contributed by atoms with van der Waals surface area (Å²) >= 11 is 0. The second-order valence-electron chi connectivity index (χ2n) is 8.20. The predicted molar refractivity (Wildman–Crippen MR) is 104 cm³/mol. The van der Waals surface area contributed by atoms with Crippen molar-refractivity contribution in [3.05, 3.63) is 48.0 Å². The Kier molecular flexibility index (Phi) is 5.00. The molecule has 0 spiro atoms. The lowest BCUT2D eigenvalue weighted by Crippen LogP contribution is -2.62. The van der Waals surface area contributed by atoms with E-state index in [4.69, 9.17) is 4.74 Å². The molecule has 0 aliphatic carbocycles. The molecule has 1 heterocycles. The highest BCUT2D eigenvalue weighted by atomic mass is 16.5. The lowest BCUT2D eigenvalue weighted by Gasteiger charge is -2.46. The number of esters is 1. The van der Waals surface area contributed by atoms with Crippen molar-refractivity contribution in [2.75, 3.05) is 13.7 Å². The summed E-state index contributed by atoms with van der Waals surface area (Å²) in [5.41, 5.74) is -1.07. The van der Waals surface area contributed by atoms with E-state index < -0.39 is 28.9 Å². The number of ether oxygens (including phenoxy) is 1. The zero-order valence-electron chi connectivity index (χ0n) is 16.4. The maximum atomic E-state index is 13.2. The predicted octanol–water partition coefficient (Wildman–Crippen LogP) is 3.45. The zero-order chi connectivity index (χ0) is 19.8. The Morgan fingerprint density at radius 3 is 2.44 bits per heavy atom. The molecule has 1 aliphatic heterocycles. The van der Waals surface area contributed by atoms with E-state index in [1.54, 1.807) is 6.07 Å². The minimum atomic E-state index is -1.32. The van der Waals surface area contributed by atoms with E-state index in [1.165, 1.54) is 12.0 Å². The van der Waals surface area contributed by atoms with Crippen LogP contribution in [0.5, 0.6) is 0 Å². The van der Waals surface area contributed by atoms with E-state index in [1.807, 2.05) is 57.2 Å². The number of rotatable bonds is 3. The molecule has 1 N–H and O–H groups in total. The van der Waals surface area contributed by atoms with Crippen molar-refractivity contribution in [3.63, 3.8) is 0 Å². The maximum Gasteiger partial charge on any atom is 0.332 e. The molecule has 0 radical (unpaired) electrons. The zero-order valence-corrected chi connectivity index (χ0v) is 16.4. The molecule has 5 heteroatoms. The van der Waals surface area contributed by atoms with Gasteiger partial charge in [0, 0.05) is 6.54 Å². The van der Waals surface area contributed by atoms with Crippen molar-refractivity contribution in [2.24, 2.45) is 5.41 Å². The van der Waals surface area contributed by atoms with Crippen LogP contribution >= 0.6 is 0 Å². The quantitative estimate of drug-likeness (QED) is 0.842. The molecule has 2 aromatic rings. The first-order valence-corrected chi connectivity index (χ1v) is 9.29. The molecule has 5 nitrogen and oxygen atoms in total. The number of benzene rings is 2. The number of fused-ring (bicyclic) bond motifs is 1. The largest absolute Gasteiger partial charge is 0.467 e. The molecule has 144 valence electrons. The number of hydrogen-bond acceptors (Lipinski definition) is 4. The fraction of sp³-hybridized carbons (Fsp3) is 0.455. The number of amides is 1. The van der Waals surface area contributed by atoms with E-state index in [2.05, 4.69) is 0 Å². The van der Waals surface area contributed by atoms with Gasteiger partial charge in [-0.3, -0.25) is 4.79 Å². The number of methoxy groups -OCH3 is 1. The molecule has 1 saturated heterocycles. The Bertz CT molecular complexity index is 870. The molecule has 1 unspecified atom stereocenters. The van der Waals surface area contributed by atoms with Crippen LogP contribution in [0.3, 0.4) is 0 Å².